The van der Waals surface area contributed by atoms with E-state index in [-0.39, 0.29) is 11.0 Å². The number of nitrogens with zero attached hydrogens (tertiary/aromatic N) is 2. The molecule has 0 bridgehead atoms. The molecule has 0 saturated heterocycles. The van der Waals surface area contributed by atoms with Crippen LogP contribution in [0.1, 0.15) is 23.7 Å². The minimum Gasteiger partial charge on any atom is -0.468 e. The summed E-state index contributed by atoms with van der Waals surface area (Å²) in [5.41, 5.74) is 2.15. The van der Waals surface area contributed by atoms with E-state index in [0.29, 0.717) is 24.1 Å². The monoisotopic (exact) mass is 328 g/mol. The van der Waals surface area contributed by atoms with Crippen LogP contribution in [-0.2, 0) is 12.8 Å². The molecule has 0 fully saturated rings. The van der Waals surface area contributed by atoms with Gasteiger partial charge < -0.3 is 4.74 Å². The van der Waals surface area contributed by atoms with Gasteiger partial charge in [-0.05, 0) is 12.0 Å². The Labute approximate surface area is 132 Å². The molecule has 0 spiro atoms. The van der Waals surface area contributed by atoms with Crippen molar-refractivity contribution < 1.29 is 17.9 Å². The molecule has 118 valence electrons. The minimum atomic E-state index is -4.42. The van der Waals surface area contributed by atoms with E-state index in [1.807, 2.05) is 37.3 Å². The van der Waals surface area contributed by atoms with E-state index in [1.54, 1.807) is 0 Å². The molecule has 1 heterocycles. The maximum Gasteiger partial charge on any atom is 0.422 e. The first-order valence-corrected chi connectivity index (χ1v) is 7.16. The Bertz CT molecular complexity index is 633. The number of rotatable bonds is 5. The smallest absolute Gasteiger partial charge is 0.422 e. The summed E-state index contributed by atoms with van der Waals surface area (Å²) in [6.07, 6.45) is -3.45. The Morgan fingerprint density at radius 3 is 2.41 bits per heavy atom. The van der Waals surface area contributed by atoms with Crippen molar-refractivity contribution in [3.05, 3.63) is 47.2 Å². The number of hydrogen-bond acceptors (Lipinski definition) is 4. The number of ether oxygens (including phenoxy) is 1. The second-order valence-electron chi connectivity index (χ2n) is 4.67. The predicted octanol–water partition coefficient (Wildman–Crippen LogP) is 3.86. The molecule has 0 N–H and O–H groups in total. The lowest BCUT2D eigenvalue weighted by molar-refractivity contribution is -0.154. The summed E-state index contributed by atoms with van der Waals surface area (Å²) in [6, 6.07) is 9.39. The van der Waals surface area contributed by atoms with Crippen molar-refractivity contribution in [2.45, 2.75) is 31.1 Å². The lowest BCUT2D eigenvalue weighted by Gasteiger charge is -2.15. The van der Waals surface area contributed by atoms with E-state index in [1.165, 1.54) is 0 Å². The second kappa shape index (κ2) is 7.00. The molecule has 1 aromatic heterocycles. The van der Waals surface area contributed by atoms with Gasteiger partial charge in [0.25, 0.3) is 0 Å². The van der Waals surface area contributed by atoms with E-state index in [2.05, 4.69) is 22.6 Å². The van der Waals surface area contributed by atoms with Gasteiger partial charge in [0.15, 0.2) is 11.8 Å². The van der Waals surface area contributed by atoms with Gasteiger partial charge in [-0.15, -0.1) is 12.6 Å². The van der Waals surface area contributed by atoms with Crippen molar-refractivity contribution in [2.24, 2.45) is 0 Å². The van der Waals surface area contributed by atoms with Crippen LogP contribution in [0.3, 0.4) is 0 Å². The maximum atomic E-state index is 12.4. The molecular formula is C15H15F3N2OS. The summed E-state index contributed by atoms with van der Waals surface area (Å²) in [6.45, 7) is 0.486. The zero-order valence-corrected chi connectivity index (χ0v) is 12.8. The largest absolute Gasteiger partial charge is 0.468 e. The number of hydrogen-bond donors (Lipinski definition) is 1. The fourth-order valence-corrected chi connectivity index (χ4v) is 2.25. The fourth-order valence-electron chi connectivity index (χ4n) is 2.03. The summed E-state index contributed by atoms with van der Waals surface area (Å²) < 4.78 is 42.1. The third-order valence-electron chi connectivity index (χ3n) is 2.97. The van der Waals surface area contributed by atoms with Gasteiger partial charge in [-0.25, -0.2) is 4.98 Å². The average molecular weight is 328 g/mol. The molecule has 0 saturated carbocycles. The average Bonchev–Trinajstić information content (AvgIpc) is 2.47. The molecule has 3 nitrogen and oxygen atoms in total. The van der Waals surface area contributed by atoms with E-state index in [4.69, 9.17) is 4.74 Å². The van der Waals surface area contributed by atoms with Crippen LogP contribution in [0.5, 0.6) is 5.88 Å². The molecule has 0 aliphatic heterocycles. The third kappa shape index (κ3) is 4.62. The zero-order chi connectivity index (χ0) is 16.2. The Morgan fingerprint density at radius 1 is 1.14 bits per heavy atom. The molecule has 0 atom stereocenters. The first-order valence-electron chi connectivity index (χ1n) is 6.71. The van der Waals surface area contributed by atoms with Crippen LogP contribution >= 0.6 is 12.6 Å². The number of thiol groups is 1. The normalized spacial score (nSPS) is 11.5. The molecule has 0 aliphatic carbocycles. The van der Waals surface area contributed by atoms with Gasteiger partial charge in [0, 0.05) is 12.0 Å². The molecule has 22 heavy (non-hydrogen) atoms. The van der Waals surface area contributed by atoms with Gasteiger partial charge in [-0.1, -0.05) is 37.3 Å². The molecule has 7 heteroatoms. The Morgan fingerprint density at radius 2 is 1.82 bits per heavy atom. The van der Waals surface area contributed by atoms with Crippen LogP contribution in [0.15, 0.2) is 35.5 Å². The highest BCUT2D eigenvalue weighted by Crippen LogP contribution is 2.26. The summed E-state index contributed by atoms with van der Waals surface area (Å²) in [7, 11) is 0. The van der Waals surface area contributed by atoms with Gasteiger partial charge in [0.2, 0.25) is 5.88 Å². The molecule has 0 amide bonds. The summed E-state index contributed by atoms with van der Waals surface area (Å²) >= 11 is 4.03. The number of aryl methyl sites for hydroxylation is 1. The summed E-state index contributed by atoms with van der Waals surface area (Å²) in [4.78, 5) is 8.10. The predicted molar refractivity (Wildman–Crippen MR) is 79.5 cm³/mol. The molecule has 2 aromatic rings. The second-order valence-corrected chi connectivity index (χ2v) is 5.07. The number of alkyl halides is 3. The van der Waals surface area contributed by atoms with Crippen molar-refractivity contribution in [2.75, 3.05) is 6.61 Å². The third-order valence-corrected chi connectivity index (χ3v) is 3.17. The summed E-state index contributed by atoms with van der Waals surface area (Å²) in [5.74, 6) is -0.0574. The highest BCUT2D eigenvalue weighted by Gasteiger charge is 2.29. The van der Waals surface area contributed by atoms with Crippen LogP contribution in [0.4, 0.5) is 13.2 Å². The molecule has 2 rings (SSSR count). The first-order chi connectivity index (χ1) is 10.4. The van der Waals surface area contributed by atoms with Crippen LogP contribution < -0.4 is 4.74 Å². The van der Waals surface area contributed by atoms with Gasteiger partial charge in [0.1, 0.15) is 0 Å². The quantitative estimate of drug-likeness (QED) is 0.669. The van der Waals surface area contributed by atoms with Gasteiger partial charge in [-0.2, -0.15) is 18.2 Å². The van der Waals surface area contributed by atoms with E-state index in [0.717, 1.165) is 5.56 Å². The van der Waals surface area contributed by atoms with Gasteiger partial charge >= 0.3 is 6.18 Å². The van der Waals surface area contributed by atoms with Crippen molar-refractivity contribution in [1.29, 1.82) is 0 Å². The highest BCUT2D eigenvalue weighted by atomic mass is 32.1. The van der Waals surface area contributed by atoms with Crippen molar-refractivity contribution >= 4 is 12.6 Å². The van der Waals surface area contributed by atoms with E-state index >= 15 is 0 Å². The lowest BCUT2D eigenvalue weighted by Crippen LogP contribution is -2.21. The van der Waals surface area contributed by atoms with Crippen LogP contribution in [0.25, 0.3) is 0 Å². The topological polar surface area (TPSA) is 35.0 Å². The van der Waals surface area contributed by atoms with E-state index in [9.17, 15) is 13.2 Å². The van der Waals surface area contributed by atoms with Crippen LogP contribution in [-0.4, -0.2) is 22.8 Å². The number of aromatic nitrogens is 2. The Hall–Kier alpha value is -1.76. The van der Waals surface area contributed by atoms with Gasteiger partial charge in [-0.3, -0.25) is 0 Å². The highest BCUT2D eigenvalue weighted by molar-refractivity contribution is 7.80. The van der Waals surface area contributed by atoms with Crippen molar-refractivity contribution in [1.82, 2.24) is 9.97 Å². The van der Waals surface area contributed by atoms with Crippen LogP contribution in [0.2, 0.25) is 0 Å². The fraction of sp³-hybridized carbons (Fsp3) is 0.333. The minimum absolute atomic E-state index is 0.0574. The van der Waals surface area contributed by atoms with Gasteiger partial charge in [0.05, 0.1) is 5.69 Å². The lowest BCUT2D eigenvalue weighted by atomic mass is 10.0. The maximum absolute atomic E-state index is 12.4. The van der Waals surface area contributed by atoms with Crippen molar-refractivity contribution in [3.63, 3.8) is 0 Å². The Kier molecular flexibility index (Phi) is 5.28. The molecule has 1 aromatic carbocycles. The van der Waals surface area contributed by atoms with Crippen LogP contribution in [0, 0.1) is 0 Å². The number of halogens is 3. The summed E-state index contributed by atoms with van der Waals surface area (Å²) in [5, 5.41) is 0.103. The van der Waals surface area contributed by atoms with E-state index < -0.39 is 12.8 Å². The molecular weight excluding hydrogens is 313 g/mol. The van der Waals surface area contributed by atoms with Crippen molar-refractivity contribution in [3.8, 4) is 5.88 Å². The first kappa shape index (κ1) is 16.6. The zero-order valence-electron chi connectivity index (χ0n) is 11.9. The number of benzene rings is 1. The molecule has 0 unspecified atom stereocenters. The molecule has 0 aliphatic rings. The Balaban J connectivity index is 2.35. The standard InChI is InChI=1S/C15H15F3N2OS/c1-2-12-11(8-10-6-4-3-5-7-10)13(20-14(22)19-12)21-9-15(16,17)18/h3-7H,2,8-9H2,1H3,(H,19,20,22). The SMILES string of the molecule is CCc1nc(S)nc(OCC(F)(F)F)c1Cc1ccccc1. The molecule has 0 radical (unpaired) electrons.